The first-order valence-electron chi connectivity index (χ1n) is 10.0. The Bertz CT molecular complexity index is 480. The van der Waals surface area contributed by atoms with E-state index in [9.17, 15) is 9.59 Å². The SMILES string of the molecule is CCOC(=O)C1CCCN(C(=O)CC23CC4CC(CC(C4)C2)C3)C1. The molecule has 1 unspecified atom stereocenters. The van der Waals surface area contributed by atoms with Gasteiger partial charge in [0.25, 0.3) is 0 Å². The standard InChI is InChI=1S/C20H31NO3/c1-2-24-19(23)17-4-3-5-21(13-17)18(22)12-20-9-14-6-15(10-20)8-16(7-14)11-20/h14-17H,2-13H2,1H3. The van der Waals surface area contributed by atoms with Crippen LogP contribution in [0.15, 0.2) is 0 Å². The molecule has 1 atom stereocenters. The number of carbonyl (C=O) groups excluding carboxylic acids is 2. The van der Waals surface area contributed by atoms with Crippen molar-refractivity contribution in [3.8, 4) is 0 Å². The molecule has 4 heteroatoms. The lowest BCUT2D eigenvalue weighted by Crippen LogP contribution is -2.50. The van der Waals surface area contributed by atoms with Crippen molar-refractivity contribution in [2.45, 2.75) is 64.7 Å². The highest BCUT2D eigenvalue weighted by Crippen LogP contribution is 2.61. The largest absolute Gasteiger partial charge is 0.466 e. The average Bonchev–Trinajstić information content (AvgIpc) is 2.53. The zero-order valence-corrected chi connectivity index (χ0v) is 15.0. The smallest absolute Gasteiger partial charge is 0.310 e. The molecule has 1 heterocycles. The van der Waals surface area contributed by atoms with Crippen LogP contribution in [0.5, 0.6) is 0 Å². The van der Waals surface area contributed by atoms with Crippen molar-refractivity contribution >= 4 is 11.9 Å². The first kappa shape index (κ1) is 16.4. The number of likely N-dealkylation sites (tertiary alicyclic amines) is 1. The maximum absolute atomic E-state index is 13.0. The summed E-state index contributed by atoms with van der Waals surface area (Å²) < 4.78 is 5.17. The molecule has 4 aliphatic carbocycles. The highest BCUT2D eigenvalue weighted by molar-refractivity contribution is 5.79. The fourth-order valence-corrected chi connectivity index (χ4v) is 6.60. The molecule has 5 rings (SSSR count). The molecule has 5 fully saturated rings. The predicted octanol–water partition coefficient (Wildman–Crippen LogP) is 3.39. The molecule has 4 bridgehead atoms. The molecule has 5 aliphatic rings. The lowest BCUT2D eigenvalue weighted by Gasteiger charge is -2.57. The summed E-state index contributed by atoms with van der Waals surface area (Å²) in [6, 6.07) is 0. The minimum Gasteiger partial charge on any atom is -0.466 e. The van der Waals surface area contributed by atoms with Crippen LogP contribution < -0.4 is 0 Å². The van der Waals surface area contributed by atoms with E-state index in [0.29, 0.717) is 24.5 Å². The predicted molar refractivity (Wildman–Crippen MR) is 91.2 cm³/mol. The molecular formula is C20H31NO3. The first-order valence-corrected chi connectivity index (χ1v) is 10.0. The number of nitrogens with zero attached hydrogens (tertiary/aromatic N) is 1. The van der Waals surface area contributed by atoms with Gasteiger partial charge in [-0.1, -0.05) is 0 Å². The molecule has 0 spiro atoms. The fraction of sp³-hybridized carbons (Fsp3) is 0.900. The zero-order valence-electron chi connectivity index (χ0n) is 15.0. The summed E-state index contributed by atoms with van der Waals surface area (Å²) in [6.45, 7) is 3.67. The molecule has 1 amide bonds. The third-order valence-corrected chi connectivity index (χ3v) is 7.09. The molecule has 1 saturated heterocycles. The van der Waals surface area contributed by atoms with Crippen molar-refractivity contribution in [2.75, 3.05) is 19.7 Å². The van der Waals surface area contributed by atoms with Gasteiger partial charge in [-0.15, -0.1) is 0 Å². The van der Waals surface area contributed by atoms with E-state index in [4.69, 9.17) is 4.74 Å². The van der Waals surface area contributed by atoms with Gasteiger partial charge < -0.3 is 9.64 Å². The second kappa shape index (κ2) is 6.34. The molecule has 1 aliphatic heterocycles. The molecule has 4 saturated carbocycles. The van der Waals surface area contributed by atoms with Crippen LogP contribution in [-0.4, -0.2) is 36.5 Å². The van der Waals surface area contributed by atoms with Gasteiger partial charge in [0.1, 0.15) is 0 Å². The van der Waals surface area contributed by atoms with Crippen LogP contribution in [0.3, 0.4) is 0 Å². The van der Waals surface area contributed by atoms with E-state index in [0.717, 1.165) is 43.6 Å². The van der Waals surface area contributed by atoms with E-state index < -0.39 is 0 Å². The van der Waals surface area contributed by atoms with E-state index in [1.54, 1.807) is 0 Å². The molecule has 0 aromatic heterocycles. The van der Waals surface area contributed by atoms with Crippen molar-refractivity contribution in [2.24, 2.45) is 29.1 Å². The van der Waals surface area contributed by atoms with Gasteiger partial charge in [0.2, 0.25) is 5.91 Å². The molecule has 0 aromatic rings. The second-order valence-electron chi connectivity index (χ2n) is 9.03. The minimum atomic E-state index is -0.121. The molecular weight excluding hydrogens is 302 g/mol. The number of rotatable bonds is 4. The van der Waals surface area contributed by atoms with Crippen LogP contribution in [0.4, 0.5) is 0 Å². The van der Waals surface area contributed by atoms with Crippen molar-refractivity contribution in [1.29, 1.82) is 0 Å². The highest BCUT2D eigenvalue weighted by Gasteiger charge is 2.51. The highest BCUT2D eigenvalue weighted by atomic mass is 16.5. The van der Waals surface area contributed by atoms with Crippen LogP contribution in [0.1, 0.15) is 64.7 Å². The Morgan fingerprint density at radius 2 is 1.71 bits per heavy atom. The molecule has 0 N–H and O–H groups in total. The van der Waals surface area contributed by atoms with Gasteiger partial charge in [-0.05, 0) is 81.5 Å². The first-order chi connectivity index (χ1) is 11.6. The monoisotopic (exact) mass is 333 g/mol. The van der Waals surface area contributed by atoms with Gasteiger partial charge in [-0.3, -0.25) is 9.59 Å². The van der Waals surface area contributed by atoms with Crippen molar-refractivity contribution < 1.29 is 14.3 Å². The van der Waals surface area contributed by atoms with Crippen molar-refractivity contribution in [1.82, 2.24) is 4.90 Å². The normalized spacial score (nSPS) is 40.6. The summed E-state index contributed by atoms with van der Waals surface area (Å²) in [5.74, 6) is 2.72. The lowest BCUT2D eigenvalue weighted by molar-refractivity contribution is -0.152. The summed E-state index contributed by atoms with van der Waals surface area (Å²) in [6.07, 6.45) is 10.6. The maximum atomic E-state index is 13.0. The number of piperidine rings is 1. The lowest BCUT2D eigenvalue weighted by atomic mass is 9.49. The van der Waals surface area contributed by atoms with Crippen LogP contribution in [0, 0.1) is 29.1 Å². The molecule has 0 aromatic carbocycles. The average molecular weight is 333 g/mol. The van der Waals surface area contributed by atoms with E-state index in [-0.39, 0.29) is 11.9 Å². The van der Waals surface area contributed by atoms with Crippen LogP contribution in [-0.2, 0) is 14.3 Å². The number of ether oxygens (including phenoxy) is 1. The van der Waals surface area contributed by atoms with Gasteiger partial charge >= 0.3 is 5.97 Å². The van der Waals surface area contributed by atoms with Gasteiger partial charge in [0.05, 0.1) is 12.5 Å². The topological polar surface area (TPSA) is 46.6 Å². The Morgan fingerprint density at radius 1 is 1.08 bits per heavy atom. The molecule has 4 nitrogen and oxygen atoms in total. The third-order valence-electron chi connectivity index (χ3n) is 7.09. The van der Waals surface area contributed by atoms with E-state index in [1.165, 1.54) is 38.5 Å². The Kier molecular flexibility index (Phi) is 4.34. The Labute approximate surface area is 145 Å². The molecule has 134 valence electrons. The van der Waals surface area contributed by atoms with E-state index in [2.05, 4.69) is 0 Å². The van der Waals surface area contributed by atoms with Gasteiger partial charge in [0, 0.05) is 19.5 Å². The maximum Gasteiger partial charge on any atom is 0.310 e. The van der Waals surface area contributed by atoms with Crippen molar-refractivity contribution in [3.63, 3.8) is 0 Å². The minimum absolute atomic E-state index is 0.112. The van der Waals surface area contributed by atoms with E-state index in [1.807, 2.05) is 11.8 Å². The number of amides is 1. The van der Waals surface area contributed by atoms with Gasteiger partial charge in [0.15, 0.2) is 0 Å². The summed E-state index contributed by atoms with van der Waals surface area (Å²) >= 11 is 0. The summed E-state index contributed by atoms with van der Waals surface area (Å²) in [4.78, 5) is 27.0. The number of hydrogen-bond acceptors (Lipinski definition) is 3. The van der Waals surface area contributed by atoms with Crippen molar-refractivity contribution in [3.05, 3.63) is 0 Å². The number of esters is 1. The third kappa shape index (κ3) is 3.09. The summed E-state index contributed by atoms with van der Waals surface area (Å²) in [5.41, 5.74) is 0.294. The van der Waals surface area contributed by atoms with Gasteiger partial charge in [-0.25, -0.2) is 0 Å². The molecule has 0 radical (unpaired) electrons. The summed E-state index contributed by atoms with van der Waals surface area (Å²) in [7, 11) is 0. The van der Waals surface area contributed by atoms with Crippen LogP contribution in [0.2, 0.25) is 0 Å². The Balaban J connectivity index is 1.38. The Morgan fingerprint density at radius 3 is 2.29 bits per heavy atom. The Hall–Kier alpha value is -1.06. The number of carbonyl (C=O) groups is 2. The quantitative estimate of drug-likeness (QED) is 0.741. The fourth-order valence-electron chi connectivity index (χ4n) is 6.60. The second-order valence-corrected chi connectivity index (χ2v) is 9.03. The van der Waals surface area contributed by atoms with E-state index >= 15 is 0 Å². The number of hydrogen-bond donors (Lipinski definition) is 0. The zero-order chi connectivity index (χ0) is 16.7. The summed E-state index contributed by atoms with van der Waals surface area (Å²) in [5, 5.41) is 0. The van der Waals surface area contributed by atoms with Gasteiger partial charge in [-0.2, -0.15) is 0 Å². The van der Waals surface area contributed by atoms with Crippen LogP contribution in [0.25, 0.3) is 0 Å². The molecule has 24 heavy (non-hydrogen) atoms. The van der Waals surface area contributed by atoms with Crippen LogP contribution >= 0.6 is 0 Å².